The third kappa shape index (κ3) is 3.99. The second kappa shape index (κ2) is 6.97. The fourth-order valence-electron chi connectivity index (χ4n) is 3.03. The van der Waals surface area contributed by atoms with Gasteiger partial charge < -0.3 is 15.4 Å². The molecule has 1 aliphatic carbocycles. The van der Waals surface area contributed by atoms with Gasteiger partial charge in [0.1, 0.15) is 5.75 Å². The fraction of sp³-hybridized carbons (Fsp3) is 0.300. The van der Waals surface area contributed by atoms with Crippen molar-refractivity contribution < 1.29 is 14.3 Å². The van der Waals surface area contributed by atoms with E-state index in [4.69, 9.17) is 4.74 Å². The lowest BCUT2D eigenvalue weighted by Crippen LogP contribution is -2.20. The van der Waals surface area contributed by atoms with E-state index in [0.29, 0.717) is 17.9 Å². The third-order valence-corrected chi connectivity index (χ3v) is 4.32. The summed E-state index contributed by atoms with van der Waals surface area (Å²) in [4.78, 5) is 24.7. The summed E-state index contributed by atoms with van der Waals surface area (Å²) >= 11 is 0. The number of ether oxygens (including phenoxy) is 1. The highest BCUT2D eigenvalue weighted by molar-refractivity contribution is 6.03. The predicted octanol–water partition coefficient (Wildman–Crippen LogP) is 3.53. The first-order valence-electron chi connectivity index (χ1n) is 8.31. The molecule has 0 aromatic heterocycles. The third-order valence-electron chi connectivity index (χ3n) is 4.32. The largest absolute Gasteiger partial charge is 0.495 e. The van der Waals surface area contributed by atoms with Gasteiger partial charge in [-0.3, -0.25) is 9.59 Å². The molecule has 2 atom stereocenters. The Kier molecular flexibility index (Phi) is 4.74. The number of carbonyl (C=O) groups excluding carboxylic acids is 2. The lowest BCUT2D eigenvalue weighted by atomic mass is 10.1. The van der Waals surface area contributed by atoms with Crippen molar-refractivity contribution in [2.24, 2.45) is 11.8 Å². The lowest BCUT2D eigenvalue weighted by molar-refractivity contribution is -0.122. The molecule has 1 saturated carbocycles. The second-order valence-corrected chi connectivity index (χ2v) is 6.50. The van der Waals surface area contributed by atoms with Crippen LogP contribution in [0.3, 0.4) is 0 Å². The van der Waals surface area contributed by atoms with Gasteiger partial charge in [0.25, 0.3) is 0 Å². The molecule has 2 amide bonds. The minimum atomic E-state index is -0.296. The van der Waals surface area contributed by atoms with Gasteiger partial charge in [-0.15, -0.1) is 0 Å². The molecule has 1 aliphatic rings. The van der Waals surface area contributed by atoms with Gasteiger partial charge >= 0.3 is 0 Å². The molecule has 25 heavy (non-hydrogen) atoms. The summed E-state index contributed by atoms with van der Waals surface area (Å²) in [5.74, 6) is -0.227. The van der Waals surface area contributed by atoms with Crippen LogP contribution in [0.25, 0.3) is 0 Å². The number of benzene rings is 2. The summed E-state index contributed by atoms with van der Waals surface area (Å²) in [5.41, 5.74) is 3.58. The molecule has 5 nitrogen and oxygen atoms in total. The number of aryl methyl sites for hydroxylation is 2. The van der Waals surface area contributed by atoms with Crippen molar-refractivity contribution in [2.75, 3.05) is 17.7 Å². The molecule has 0 heterocycles. The molecule has 3 rings (SSSR count). The average molecular weight is 338 g/mol. The van der Waals surface area contributed by atoms with Crippen LogP contribution in [0.5, 0.6) is 5.75 Å². The number of hydrogen-bond acceptors (Lipinski definition) is 3. The van der Waals surface area contributed by atoms with Crippen LogP contribution in [0.2, 0.25) is 0 Å². The SMILES string of the molecule is COc1ccccc1NC(=O)C1CC1C(=O)Nc1cc(C)cc(C)c1. The summed E-state index contributed by atoms with van der Waals surface area (Å²) in [6.07, 6.45) is 0.567. The molecular formula is C20H22N2O3. The van der Waals surface area contributed by atoms with Crippen molar-refractivity contribution in [3.8, 4) is 5.75 Å². The van der Waals surface area contributed by atoms with Crippen molar-refractivity contribution in [3.05, 3.63) is 53.6 Å². The van der Waals surface area contributed by atoms with Gasteiger partial charge in [-0.25, -0.2) is 0 Å². The van der Waals surface area contributed by atoms with Gasteiger partial charge in [0.05, 0.1) is 24.6 Å². The van der Waals surface area contributed by atoms with Gasteiger partial charge in [-0.1, -0.05) is 18.2 Å². The summed E-state index contributed by atoms with van der Waals surface area (Å²) in [6, 6.07) is 13.1. The molecule has 0 aliphatic heterocycles. The smallest absolute Gasteiger partial charge is 0.228 e. The van der Waals surface area contributed by atoms with Crippen LogP contribution < -0.4 is 15.4 Å². The Hall–Kier alpha value is -2.82. The number of rotatable bonds is 5. The maximum Gasteiger partial charge on any atom is 0.228 e. The van der Waals surface area contributed by atoms with Crippen LogP contribution in [-0.4, -0.2) is 18.9 Å². The first-order valence-corrected chi connectivity index (χ1v) is 8.31. The molecule has 0 spiro atoms. The topological polar surface area (TPSA) is 67.4 Å². The zero-order valence-corrected chi connectivity index (χ0v) is 14.6. The number of methoxy groups -OCH3 is 1. The van der Waals surface area contributed by atoms with Crippen LogP contribution in [0, 0.1) is 25.7 Å². The van der Waals surface area contributed by atoms with Gasteiger partial charge in [0, 0.05) is 5.69 Å². The molecule has 2 unspecified atom stereocenters. The van der Waals surface area contributed by atoms with E-state index in [-0.39, 0.29) is 23.7 Å². The molecule has 2 aromatic carbocycles. The van der Waals surface area contributed by atoms with Crippen LogP contribution in [-0.2, 0) is 9.59 Å². The van der Waals surface area contributed by atoms with Gasteiger partial charge in [-0.2, -0.15) is 0 Å². The number of carbonyl (C=O) groups is 2. The molecule has 0 bridgehead atoms. The monoisotopic (exact) mass is 338 g/mol. The zero-order valence-electron chi connectivity index (χ0n) is 14.6. The quantitative estimate of drug-likeness (QED) is 0.876. The van der Waals surface area contributed by atoms with Gasteiger partial charge in [0.2, 0.25) is 11.8 Å². The molecule has 1 fully saturated rings. The molecule has 130 valence electrons. The van der Waals surface area contributed by atoms with E-state index < -0.39 is 0 Å². The number of amides is 2. The van der Waals surface area contributed by atoms with Crippen molar-refractivity contribution >= 4 is 23.2 Å². The minimum absolute atomic E-state index is 0.106. The highest BCUT2D eigenvalue weighted by Gasteiger charge is 2.48. The number of hydrogen-bond donors (Lipinski definition) is 2. The van der Waals surface area contributed by atoms with Crippen LogP contribution in [0.1, 0.15) is 17.5 Å². The van der Waals surface area contributed by atoms with Crippen molar-refractivity contribution in [2.45, 2.75) is 20.3 Å². The number of anilines is 2. The maximum absolute atomic E-state index is 12.4. The Morgan fingerprint density at radius 1 is 0.960 bits per heavy atom. The van der Waals surface area contributed by atoms with Crippen molar-refractivity contribution in [1.29, 1.82) is 0 Å². The van der Waals surface area contributed by atoms with E-state index in [1.165, 1.54) is 0 Å². The zero-order chi connectivity index (χ0) is 18.0. The predicted molar refractivity (Wildman–Crippen MR) is 97.8 cm³/mol. The lowest BCUT2D eigenvalue weighted by Gasteiger charge is -2.10. The highest BCUT2D eigenvalue weighted by atomic mass is 16.5. The standard InChI is InChI=1S/C20H22N2O3/c1-12-8-13(2)10-14(9-12)21-19(23)15-11-16(15)20(24)22-17-6-4-5-7-18(17)25-3/h4-10,15-16H,11H2,1-3H3,(H,21,23)(H,22,24). The normalized spacial score (nSPS) is 18.4. The van der Waals surface area contributed by atoms with Crippen molar-refractivity contribution in [3.63, 3.8) is 0 Å². The van der Waals surface area contributed by atoms with Crippen LogP contribution in [0.4, 0.5) is 11.4 Å². The Labute approximate surface area is 147 Å². The van der Waals surface area contributed by atoms with E-state index in [1.54, 1.807) is 19.2 Å². The number of para-hydroxylation sites is 2. The van der Waals surface area contributed by atoms with Crippen LogP contribution in [0.15, 0.2) is 42.5 Å². The Bertz CT molecular complexity index is 796. The van der Waals surface area contributed by atoms with E-state index in [1.807, 2.05) is 38.1 Å². The summed E-state index contributed by atoms with van der Waals surface area (Å²) in [7, 11) is 1.56. The maximum atomic E-state index is 12.4. The van der Waals surface area contributed by atoms with Gasteiger partial charge in [0.15, 0.2) is 0 Å². The van der Waals surface area contributed by atoms with Crippen LogP contribution >= 0.6 is 0 Å². The molecular weight excluding hydrogens is 316 g/mol. The second-order valence-electron chi connectivity index (χ2n) is 6.50. The van der Waals surface area contributed by atoms with E-state index in [9.17, 15) is 9.59 Å². The molecule has 2 aromatic rings. The molecule has 0 radical (unpaired) electrons. The first kappa shape index (κ1) is 17.0. The molecule has 0 saturated heterocycles. The van der Waals surface area contributed by atoms with E-state index in [0.717, 1.165) is 16.8 Å². The summed E-state index contributed by atoms with van der Waals surface area (Å²) in [5, 5.41) is 5.76. The fourth-order valence-corrected chi connectivity index (χ4v) is 3.03. The molecule has 5 heteroatoms. The highest BCUT2D eigenvalue weighted by Crippen LogP contribution is 2.41. The first-order chi connectivity index (χ1) is 12.0. The Balaban J connectivity index is 1.60. The van der Waals surface area contributed by atoms with E-state index in [2.05, 4.69) is 16.7 Å². The molecule has 2 N–H and O–H groups in total. The Morgan fingerprint density at radius 3 is 2.20 bits per heavy atom. The number of nitrogens with one attached hydrogen (secondary N) is 2. The summed E-state index contributed by atoms with van der Waals surface area (Å²) < 4.78 is 5.23. The minimum Gasteiger partial charge on any atom is -0.495 e. The van der Waals surface area contributed by atoms with Gasteiger partial charge in [-0.05, 0) is 55.7 Å². The van der Waals surface area contributed by atoms with Crippen molar-refractivity contribution in [1.82, 2.24) is 0 Å². The average Bonchev–Trinajstić information content (AvgIpc) is 3.35. The summed E-state index contributed by atoms with van der Waals surface area (Å²) in [6.45, 7) is 3.98. The Morgan fingerprint density at radius 2 is 1.56 bits per heavy atom. The van der Waals surface area contributed by atoms with E-state index >= 15 is 0 Å².